The van der Waals surface area contributed by atoms with Gasteiger partial charge in [0.25, 0.3) is 0 Å². The van der Waals surface area contributed by atoms with Crippen LogP contribution in [0.4, 0.5) is 10.1 Å². The predicted molar refractivity (Wildman–Crippen MR) is 67.3 cm³/mol. The molecule has 0 N–H and O–H groups in total. The van der Waals surface area contributed by atoms with E-state index in [0.29, 0.717) is 5.69 Å². The maximum Gasteiger partial charge on any atom is 0.146 e. The fourth-order valence-corrected chi connectivity index (χ4v) is 1.53. The Morgan fingerprint density at radius 1 is 1.33 bits per heavy atom. The van der Waals surface area contributed by atoms with Crippen molar-refractivity contribution >= 4 is 18.3 Å². The SMILES string of the molecule is CCN(CC=CCS)c1ccccc1F. The molecule has 0 heterocycles. The highest BCUT2D eigenvalue weighted by atomic mass is 32.1. The molecule has 0 spiro atoms. The minimum Gasteiger partial charge on any atom is -0.366 e. The average Bonchev–Trinajstić information content (AvgIpc) is 2.26. The van der Waals surface area contributed by atoms with E-state index in [0.717, 1.165) is 18.8 Å². The third-order valence-electron chi connectivity index (χ3n) is 2.17. The van der Waals surface area contributed by atoms with Crippen LogP contribution in [0.1, 0.15) is 6.92 Å². The number of para-hydroxylation sites is 1. The van der Waals surface area contributed by atoms with Crippen molar-refractivity contribution in [2.24, 2.45) is 0 Å². The minimum absolute atomic E-state index is 0.168. The third-order valence-corrected chi connectivity index (χ3v) is 2.38. The molecule has 1 nitrogen and oxygen atoms in total. The maximum atomic E-state index is 13.5. The van der Waals surface area contributed by atoms with Crippen LogP contribution < -0.4 is 4.90 Å². The van der Waals surface area contributed by atoms with Gasteiger partial charge in [-0.2, -0.15) is 12.6 Å². The lowest BCUT2D eigenvalue weighted by molar-refractivity contribution is 0.621. The summed E-state index contributed by atoms with van der Waals surface area (Å²) in [4.78, 5) is 1.98. The van der Waals surface area contributed by atoms with E-state index in [1.807, 2.05) is 30.0 Å². The number of nitrogens with zero attached hydrogens (tertiary/aromatic N) is 1. The van der Waals surface area contributed by atoms with Gasteiger partial charge in [-0.3, -0.25) is 0 Å². The van der Waals surface area contributed by atoms with Crippen LogP contribution in [0.25, 0.3) is 0 Å². The van der Waals surface area contributed by atoms with Crippen LogP contribution in [-0.4, -0.2) is 18.8 Å². The topological polar surface area (TPSA) is 3.24 Å². The maximum absolute atomic E-state index is 13.5. The van der Waals surface area contributed by atoms with Gasteiger partial charge < -0.3 is 4.90 Å². The lowest BCUT2D eigenvalue weighted by Crippen LogP contribution is -2.23. The van der Waals surface area contributed by atoms with Crippen LogP contribution in [0.5, 0.6) is 0 Å². The molecule has 1 rings (SSSR count). The number of halogens is 1. The first-order valence-electron chi connectivity index (χ1n) is 5.05. The van der Waals surface area contributed by atoms with Crippen LogP contribution in [0.15, 0.2) is 36.4 Å². The van der Waals surface area contributed by atoms with Crippen molar-refractivity contribution in [1.82, 2.24) is 0 Å². The molecule has 3 heteroatoms. The van der Waals surface area contributed by atoms with Crippen molar-refractivity contribution in [1.29, 1.82) is 0 Å². The van der Waals surface area contributed by atoms with Crippen molar-refractivity contribution in [3.63, 3.8) is 0 Å². The first kappa shape index (κ1) is 12.1. The Morgan fingerprint density at radius 3 is 2.67 bits per heavy atom. The summed E-state index contributed by atoms with van der Waals surface area (Å²) in [5.41, 5.74) is 0.656. The van der Waals surface area contributed by atoms with E-state index in [4.69, 9.17) is 0 Å². The zero-order valence-corrected chi connectivity index (χ0v) is 9.75. The zero-order valence-electron chi connectivity index (χ0n) is 8.86. The van der Waals surface area contributed by atoms with E-state index in [9.17, 15) is 4.39 Å². The fourth-order valence-electron chi connectivity index (χ4n) is 1.38. The predicted octanol–water partition coefficient (Wildman–Crippen LogP) is 3.14. The quantitative estimate of drug-likeness (QED) is 0.595. The summed E-state index contributed by atoms with van der Waals surface area (Å²) in [7, 11) is 0. The molecule has 15 heavy (non-hydrogen) atoms. The summed E-state index contributed by atoms with van der Waals surface area (Å²) >= 11 is 4.08. The molecule has 0 saturated heterocycles. The van der Waals surface area contributed by atoms with E-state index in [1.54, 1.807) is 12.1 Å². The molecule has 0 saturated carbocycles. The second kappa shape index (κ2) is 6.51. The molecule has 0 aliphatic heterocycles. The largest absolute Gasteiger partial charge is 0.366 e. The Bertz CT molecular complexity index is 325. The number of benzene rings is 1. The van der Waals surface area contributed by atoms with E-state index in [-0.39, 0.29) is 5.82 Å². The highest BCUT2D eigenvalue weighted by Crippen LogP contribution is 2.17. The van der Waals surface area contributed by atoms with Crippen molar-refractivity contribution in [2.75, 3.05) is 23.7 Å². The summed E-state index contributed by atoms with van der Waals surface area (Å²) in [6.07, 6.45) is 3.97. The van der Waals surface area contributed by atoms with Crippen LogP contribution in [0.3, 0.4) is 0 Å². The van der Waals surface area contributed by atoms with Gasteiger partial charge in [0.2, 0.25) is 0 Å². The zero-order chi connectivity index (χ0) is 11.1. The van der Waals surface area contributed by atoms with Crippen LogP contribution in [0.2, 0.25) is 0 Å². The normalized spacial score (nSPS) is 10.9. The number of hydrogen-bond donors (Lipinski definition) is 1. The van der Waals surface area contributed by atoms with Gasteiger partial charge in [-0.15, -0.1) is 0 Å². The molecule has 0 unspecified atom stereocenters. The molecule has 0 aromatic heterocycles. The number of anilines is 1. The Labute approximate surface area is 96.0 Å². The van der Waals surface area contributed by atoms with Crippen LogP contribution >= 0.6 is 12.6 Å². The van der Waals surface area contributed by atoms with Crippen molar-refractivity contribution in [2.45, 2.75) is 6.92 Å². The first-order chi connectivity index (χ1) is 7.29. The molecule has 1 aromatic rings. The van der Waals surface area contributed by atoms with E-state index < -0.39 is 0 Å². The lowest BCUT2D eigenvalue weighted by atomic mass is 10.2. The van der Waals surface area contributed by atoms with E-state index >= 15 is 0 Å². The molecule has 0 aliphatic rings. The Morgan fingerprint density at radius 2 is 2.07 bits per heavy atom. The average molecular weight is 225 g/mol. The Kier molecular flexibility index (Phi) is 5.26. The Balaban J connectivity index is 2.74. The molecule has 0 radical (unpaired) electrons. The number of rotatable bonds is 5. The molecular weight excluding hydrogens is 209 g/mol. The van der Waals surface area contributed by atoms with Gasteiger partial charge in [-0.1, -0.05) is 24.3 Å². The van der Waals surface area contributed by atoms with Gasteiger partial charge in [0.15, 0.2) is 0 Å². The molecule has 1 aromatic carbocycles. The van der Waals surface area contributed by atoms with E-state index in [1.165, 1.54) is 6.07 Å². The summed E-state index contributed by atoms with van der Waals surface area (Å²) in [5.74, 6) is 0.549. The molecular formula is C12H16FNS. The van der Waals surface area contributed by atoms with E-state index in [2.05, 4.69) is 12.6 Å². The molecule has 0 amide bonds. The van der Waals surface area contributed by atoms with Gasteiger partial charge in [-0.25, -0.2) is 4.39 Å². The molecule has 0 aliphatic carbocycles. The second-order valence-electron chi connectivity index (χ2n) is 3.14. The minimum atomic E-state index is -0.168. The summed E-state index contributed by atoms with van der Waals surface area (Å²) in [5, 5.41) is 0. The Hall–Kier alpha value is -0.960. The standard InChI is InChI=1S/C12H16FNS/c1-2-14(9-5-6-10-15)12-8-4-3-7-11(12)13/h3-8,15H,2,9-10H2,1H3. The lowest BCUT2D eigenvalue weighted by Gasteiger charge is -2.21. The second-order valence-corrected chi connectivity index (χ2v) is 3.51. The van der Waals surface area contributed by atoms with Crippen molar-refractivity contribution in [3.8, 4) is 0 Å². The fraction of sp³-hybridized carbons (Fsp3) is 0.333. The monoisotopic (exact) mass is 225 g/mol. The van der Waals surface area contributed by atoms with Gasteiger partial charge in [0, 0.05) is 18.8 Å². The first-order valence-corrected chi connectivity index (χ1v) is 5.68. The number of thiol groups is 1. The summed E-state index contributed by atoms with van der Waals surface area (Å²) in [6.45, 7) is 3.52. The number of hydrogen-bond acceptors (Lipinski definition) is 2. The highest BCUT2D eigenvalue weighted by molar-refractivity contribution is 7.80. The van der Waals surface area contributed by atoms with Gasteiger partial charge in [0.1, 0.15) is 5.82 Å². The molecule has 82 valence electrons. The summed E-state index contributed by atoms with van der Waals surface area (Å²) in [6, 6.07) is 6.84. The smallest absolute Gasteiger partial charge is 0.146 e. The summed E-state index contributed by atoms with van der Waals surface area (Å²) < 4.78 is 13.5. The molecule has 0 fully saturated rings. The van der Waals surface area contributed by atoms with Gasteiger partial charge in [-0.05, 0) is 19.1 Å². The van der Waals surface area contributed by atoms with Crippen LogP contribution in [-0.2, 0) is 0 Å². The molecule has 0 bridgehead atoms. The van der Waals surface area contributed by atoms with Crippen LogP contribution in [0, 0.1) is 5.82 Å². The van der Waals surface area contributed by atoms with Crippen molar-refractivity contribution < 1.29 is 4.39 Å². The molecule has 0 atom stereocenters. The number of likely N-dealkylation sites (N-methyl/N-ethyl adjacent to an activating group) is 1. The highest BCUT2D eigenvalue weighted by Gasteiger charge is 2.06. The van der Waals surface area contributed by atoms with Gasteiger partial charge in [0.05, 0.1) is 5.69 Å². The van der Waals surface area contributed by atoms with Gasteiger partial charge >= 0.3 is 0 Å². The third kappa shape index (κ3) is 3.59. The van der Waals surface area contributed by atoms with Crippen molar-refractivity contribution in [3.05, 3.63) is 42.2 Å².